The molecule has 1 saturated carbocycles. The molecule has 0 aliphatic heterocycles. The molecule has 1 fully saturated rings. The Hall–Kier alpha value is -0.820. The molecule has 0 saturated heterocycles. The third-order valence-corrected chi connectivity index (χ3v) is 4.58. The molecule has 3 rings (SSSR count). The highest BCUT2D eigenvalue weighted by Gasteiger charge is 2.24. The highest BCUT2D eigenvalue weighted by atomic mass is 127. The third kappa shape index (κ3) is 5.92. The van der Waals surface area contributed by atoms with Crippen LogP contribution in [0.1, 0.15) is 43.2 Å². The topological polar surface area (TPSA) is 45.7 Å². The normalized spacial score (nSPS) is 19.0. The van der Waals surface area contributed by atoms with E-state index in [2.05, 4.69) is 41.8 Å². The number of hydrogen-bond donors (Lipinski definition) is 2. The van der Waals surface area contributed by atoms with Crippen LogP contribution in [0.2, 0.25) is 0 Å². The molecule has 1 aromatic rings. The standard InChI is InChI=1S/C19H29N3O.HI/c1-2-20-19(21-10-5-11-23-14-15-8-9-15)22-13-17-12-16-6-3-4-7-18(16)17;/h3-4,6-7,15,17H,2,5,8-14H2,1H3,(H2,20,21,22);1H. The van der Waals surface area contributed by atoms with E-state index < -0.39 is 0 Å². The molecule has 1 aromatic carbocycles. The zero-order chi connectivity index (χ0) is 15.9. The molecule has 134 valence electrons. The number of halogens is 1. The van der Waals surface area contributed by atoms with Gasteiger partial charge >= 0.3 is 0 Å². The highest BCUT2D eigenvalue weighted by molar-refractivity contribution is 14.0. The summed E-state index contributed by atoms with van der Waals surface area (Å²) in [7, 11) is 0. The van der Waals surface area contributed by atoms with E-state index in [1.807, 2.05) is 0 Å². The van der Waals surface area contributed by atoms with Crippen LogP contribution in [-0.4, -0.2) is 38.8 Å². The Morgan fingerprint density at radius 2 is 2.08 bits per heavy atom. The van der Waals surface area contributed by atoms with Crippen molar-refractivity contribution in [3.05, 3.63) is 35.4 Å². The maximum absolute atomic E-state index is 5.66. The van der Waals surface area contributed by atoms with Crippen LogP contribution in [0.15, 0.2) is 29.3 Å². The van der Waals surface area contributed by atoms with Gasteiger partial charge in [-0.25, -0.2) is 0 Å². The number of ether oxygens (including phenoxy) is 1. The number of rotatable bonds is 9. The van der Waals surface area contributed by atoms with Crippen LogP contribution in [0.3, 0.4) is 0 Å². The summed E-state index contributed by atoms with van der Waals surface area (Å²) in [6, 6.07) is 8.70. The van der Waals surface area contributed by atoms with E-state index in [0.717, 1.165) is 57.6 Å². The molecule has 5 heteroatoms. The lowest BCUT2D eigenvalue weighted by Gasteiger charge is -2.28. The highest BCUT2D eigenvalue weighted by Crippen LogP contribution is 2.34. The van der Waals surface area contributed by atoms with Crippen LogP contribution in [0.25, 0.3) is 0 Å². The first-order valence-corrected chi connectivity index (χ1v) is 9.04. The fourth-order valence-corrected chi connectivity index (χ4v) is 2.98. The maximum atomic E-state index is 5.66. The minimum absolute atomic E-state index is 0. The zero-order valence-electron chi connectivity index (χ0n) is 14.6. The second-order valence-electron chi connectivity index (χ2n) is 6.62. The monoisotopic (exact) mass is 443 g/mol. The van der Waals surface area contributed by atoms with Gasteiger partial charge in [-0.3, -0.25) is 4.99 Å². The molecule has 4 nitrogen and oxygen atoms in total. The molecule has 0 spiro atoms. The van der Waals surface area contributed by atoms with E-state index in [4.69, 9.17) is 9.73 Å². The van der Waals surface area contributed by atoms with E-state index in [-0.39, 0.29) is 24.0 Å². The number of aliphatic imine (C=N–C) groups is 1. The van der Waals surface area contributed by atoms with Crippen molar-refractivity contribution in [3.8, 4) is 0 Å². The number of fused-ring (bicyclic) bond motifs is 1. The molecule has 1 atom stereocenters. The summed E-state index contributed by atoms with van der Waals surface area (Å²) in [4.78, 5) is 4.74. The van der Waals surface area contributed by atoms with Crippen molar-refractivity contribution in [3.63, 3.8) is 0 Å². The third-order valence-electron chi connectivity index (χ3n) is 4.58. The van der Waals surface area contributed by atoms with Gasteiger partial charge in [0.25, 0.3) is 0 Å². The van der Waals surface area contributed by atoms with Gasteiger partial charge in [0.1, 0.15) is 0 Å². The minimum atomic E-state index is 0. The fraction of sp³-hybridized carbons (Fsp3) is 0.632. The van der Waals surface area contributed by atoms with Gasteiger partial charge in [-0.05, 0) is 49.7 Å². The van der Waals surface area contributed by atoms with E-state index in [9.17, 15) is 0 Å². The van der Waals surface area contributed by atoms with Crippen molar-refractivity contribution in [1.82, 2.24) is 10.6 Å². The van der Waals surface area contributed by atoms with Crippen molar-refractivity contribution < 1.29 is 4.74 Å². The molecular weight excluding hydrogens is 413 g/mol. The van der Waals surface area contributed by atoms with Gasteiger partial charge in [0.2, 0.25) is 0 Å². The Bertz CT molecular complexity index is 531. The average molecular weight is 443 g/mol. The van der Waals surface area contributed by atoms with Gasteiger partial charge in [-0.2, -0.15) is 0 Å². The van der Waals surface area contributed by atoms with E-state index >= 15 is 0 Å². The van der Waals surface area contributed by atoms with Crippen molar-refractivity contribution in [2.24, 2.45) is 10.9 Å². The van der Waals surface area contributed by atoms with Gasteiger partial charge in [-0.15, -0.1) is 24.0 Å². The number of hydrogen-bond acceptors (Lipinski definition) is 2. The van der Waals surface area contributed by atoms with Crippen molar-refractivity contribution in [2.75, 3.05) is 32.8 Å². The fourth-order valence-electron chi connectivity index (χ4n) is 2.98. The van der Waals surface area contributed by atoms with Crippen molar-refractivity contribution in [1.29, 1.82) is 0 Å². The first-order valence-electron chi connectivity index (χ1n) is 9.04. The van der Waals surface area contributed by atoms with Crippen LogP contribution < -0.4 is 10.6 Å². The Labute approximate surface area is 162 Å². The maximum Gasteiger partial charge on any atom is 0.191 e. The van der Waals surface area contributed by atoms with Gasteiger partial charge < -0.3 is 15.4 Å². The molecule has 2 N–H and O–H groups in total. The summed E-state index contributed by atoms with van der Waals surface area (Å²) in [5.74, 6) is 2.37. The minimum Gasteiger partial charge on any atom is -0.381 e. The van der Waals surface area contributed by atoms with Gasteiger partial charge in [0.05, 0.1) is 0 Å². The molecule has 0 heterocycles. The molecule has 2 aliphatic carbocycles. The van der Waals surface area contributed by atoms with Gasteiger partial charge in [0.15, 0.2) is 5.96 Å². The first kappa shape index (κ1) is 19.5. The summed E-state index contributed by atoms with van der Waals surface area (Å²) >= 11 is 0. The Morgan fingerprint density at radius 3 is 2.83 bits per heavy atom. The van der Waals surface area contributed by atoms with Gasteiger partial charge in [0, 0.05) is 38.8 Å². The summed E-state index contributed by atoms with van der Waals surface area (Å²) in [5, 5.41) is 6.74. The zero-order valence-corrected chi connectivity index (χ0v) is 16.9. The second-order valence-corrected chi connectivity index (χ2v) is 6.62. The number of nitrogens with one attached hydrogen (secondary N) is 2. The van der Waals surface area contributed by atoms with Crippen LogP contribution in [-0.2, 0) is 11.2 Å². The predicted octanol–water partition coefficient (Wildman–Crippen LogP) is 3.32. The molecular formula is C19H30IN3O. The molecule has 1 unspecified atom stereocenters. The smallest absolute Gasteiger partial charge is 0.191 e. The molecule has 0 amide bonds. The lowest BCUT2D eigenvalue weighted by atomic mass is 9.78. The van der Waals surface area contributed by atoms with Crippen LogP contribution in [0.4, 0.5) is 0 Å². The van der Waals surface area contributed by atoms with Crippen molar-refractivity contribution >= 4 is 29.9 Å². The second kappa shape index (κ2) is 10.2. The molecule has 0 aromatic heterocycles. The van der Waals surface area contributed by atoms with Crippen LogP contribution in [0.5, 0.6) is 0 Å². The number of guanidine groups is 1. The van der Waals surface area contributed by atoms with E-state index in [1.54, 1.807) is 0 Å². The summed E-state index contributed by atoms with van der Waals surface area (Å²) in [6.07, 6.45) is 4.91. The number of nitrogens with zero attached hydrogens (tertiary/aromatic N) is 1. The Morgan fingerprint density at radius 1 is 1.25 bits per heavy atom. The van der Waals surface area contributed by atoms with Gasteiger partial charge in [-0.1, -0.05) is 24.3 Å². The van der Waals surface area contributed by atoms with E-state index in [1.165, 1.54) is 24.0 Å². The van der Waals surface area contributed by atoms with E-state index in [0.29, 0.717) is 5.92 Å². The molecule has 24 heavy (non-hydrogen) atoms. The first-order chi connectivity index (χ1) is 11.4. The molecule has 0 bridgehead atoms. The quantitative estimate of drug-likeness (QED) is 0.267. The SMILES string of the molecule is CCNC(=NCC1Cc2ccccc21)NCCCOCC1CC1.I. The average Bonchev–Trinajstić information content (AvgIpc) is 3.35. The Balaban J connectivity index is 0.00000208. The lowest BCUT2D eigenvalue weighted by Crippen LogP contribution is -2.38. The number of benzene rings is 1. The molecule has 0 radical (unpaired) electrons. The predicted molar refractivity (Wildman–Crippen MR) is 110 cm³/mol. The van der Waals surface area contributed by atoms with Crippen LogP contribution >= 0.6 is 24.0 Å². The molecule has 2 aliphatic rings. The summed E-state index contributed by atoms with van der Waals surface area (Å²) in [5.41, 5.74) is 2.96. The Kier molecular flexibility index (Phi) is 8.32. The van der Waals surface area contributed by atoms with Crippen LogP contribution in [0, 0.1) is 5.92 Å². The lowest BCUT2D eigenvalue weighted by molar-refractivity contribution is 0.123. The largest absolute Gasteiger partial charge is 0.381 e. The summed E-state index contributed by atoms with van der Waals surface area (Å²) in [6.45, 7) is 6.58. The van der Waals surface area contributed by atoms with Crippen molar-refractivity contribution in [2.45, 2.75) is 38.5 Å². The summed E-state index contributed by atoms with van der Waals surface area (Å²) < 4.78 is 5.66.